The second kappa shape index (κ2) is 11.3. The zero-order valence-electron chi connectivity index (χ0n) is 20.0. The third kappa shape index (κ3) is 6.23. The van der Waals surface area contributed by atoms with Crippen LogP contribution in [-0.2, 0) is 16.0 Å². The molecule has 0 aliphatic carbocycles. The second-order valence-electron chi connectivity index (χ2n) is 9.43. The van der Waals surface area contributed by atoms with E-state index in [1.54, 1.807) is 16.7 Å². The molecular weight excluding hydrogens is 428 g/mol. The molecule has 0 bridgehead atoms. The number of carbonyl (C=O) groups excluding carboxylic acids is 2. The van der Waals surface area contributed by atoms with Gasteiger partial charge < -0.3 is 15.4 Å². The molecular formula is C27H34N4O3. The number of imidazole rings is 1. The number of amides is 2. The lowest BCUT2D eigenvalue weighted by Crippen LogP contribution is -2.32. The molecule has 1 saturated heterocycles. The highest BCUT2D eigenvalue weighted by Crippen LogP contribution is 2.23. The van der Waals surface area contributed by atoms with Crippen LogP contribution in [0.1, 0.15) is 60.8 Å². The summed E-state index contributed by atoms with van der Waals surface area (Å²) in [5.74, 6) is 0.523. The largest absolute Gasteiger partial charge is 0.376 e. The van der Waals surface area contributed by atoms with Gasteiger partial charge in [0.2, 0.25) is 5.91 Å². The SMILES string of the molecule is CC(C)CC(CNC(=O)c1cccc2nc(CC(=O)NCC3CCCO3)cn12)c1ccccc1. The van der Waals surface area contributed by atoms with E-state index in [1.165, 1.54) is 5.56 Å². The van der Waals surface area contributed by atoms with Crippen LogP contribution < -0.4 is 10.6 Å². The van der Waals surface area contributed by atoms with Crippen molar-refractivity contribution < 1.29 is 14.3 Å². The number of hydrogen-bond acceptors (Lipinski definition) is 4. The van der Waals surface area contributed by atoms with Gasteiger partial charge in [0, 0.05) is 31.8 Å². The smallest absolute Gasteiger partial charge is 0.268 e. The zero-order chi connectivity index (χ0) is 23.9. The number of benzene rings is 1. The molecule has 3 aromatic rings. The van der Waals surface area contributed by atoms with Crippen LogP contribution >= 0.6 is 0 Å². The molecule has 0 spiro atoms. The lowest BCUT2D eigenvalue weighted by molar-refractivity contribution is -0.121. The molecule has 4 rings (SSSR count). The maximum Gasteiger partial charge on any atom is 0.268 e. The predicted octanol–water partition coefficient (Wildman–Crippen LogP) is 3.73. The van der Waals surface area contributed by atoms with Gasteiger partial charge in [-0.3, -0.25) is 14.0 Å². The Labute approximate surface area is 200 Å². The zero-order valence-corrected chi connectivity index (χ0v) is 20.0. The molecule has 2 atom stereocenters. The molecule has 34 heavy (non-hydrogen) atoms. The average molecular weight is 463 g/mol. The maximum absolute atomic E-state index is 13.1. The van der Waals surface area contributed by atoms with Crippen LogP contribution in [0.4, 0.5) is 0 Å². The van der Waals surface area contributed by atoms with Crippen LogP contribution in [0, 0.1) is 5.92 Å². The summed E-state index contributed by atoms with van der Waals surface area (Å²) in [4.78, 5) is 30.0. The lowest BCUT2D eigenvalue weighted by Gasteiger charge is -2.20. The molecule has 1 fully saturated rings. The normalized spacial score (nSPS) is 16.6. The van der Waals surface area contributed by atoms with Crippen molar-refractivity contribution in [2.45, 2.75) is 51.6 Å². The quantitative estimate of drug-likeness (QED) is 0.481. The Bertz CT molecular complexity index is 1100. The van der Waals surface area contributed by atoms with Crippen molar-refractivity contribution in [3.8, 4) is 0 Å². The van der Waals surface area contributed by atoms with E-state index in [1.807, 2.05) is 30.3 Å². The summed E-state index contributed by atoms with van der Waals surface area (Å²) in [5.41, 5.74) is 3.02. The summed E-state index contributed by atoms with van der Waals surface area (Å²) in [6.45, 7) is 6.25. The number of nitrogens with zero attached hydrogens (tertiary/aromatic N) is 2. The fraction of sp³-hybridized carbons (Fsp3) is 0.444. The van der Waals surface area contributed by atoms with Gasteiger partial charge in [0.05, 0.1) is 18.2 Å². The number of pyridine rings is 1. The number of nitrogens with one attached hydrogen (secondary N) is 2. The first-order valence-electron chi connectivity index (χ1n) is 12.2. The van der Waals surface area contributed by atoms with Crippen molar-refractivity contribution in [2.75, 3.05) is 19.7 Å². The predicted molar refractivity (Wildman–Crippen MR) is 132 cm³/mol. The van der Waals surface area contributed by atoms with E-state index >= 15 is 0 Å². The van der Waals surface area contributed by atoms with Crippen molar-refractivity contribution in [3.05, 3.63) is 71.7 Å². The van der Waals surface area contributed by atoms with Gasteiger partial charge in [0.1, 0.15) is 11.3 Å². The molecule has 0 saturated carbocycles. The fourth-order valence-electron chi connectivity index (χ4n) is 4.53. The minimum atomic E-state index is -0.151. The van der Waals surface area contributed by atoms with Gasteiger partial charge in [-0.1, -0.05) is 50.2 Å². The molecule has 1 aliphatic rings. The topological polar surface area (TPSA) is 84.7 Å². The molecule has 2 unspecified atom stereocenters. The van der Waals surface area contributed by atoms with E-state index in [0.717, 1.165) is 25.9 Å². The van der Waals surface area contributed by atoms with Crippen LogP contribution in [0.5, 0.6) is 0 Å². The molecule has 7 nitrogen and oxygen atoms in total. The number of carbonyl (C=O) groups is 2. The summed E-state index contributed by atoms with van der Waals surface area (Å²) in [7, 11) is 0. The molecule has 2 aromatic heterocycles. The average Bonchev–Trinajstić information content (AvgIpc) is 3.49. The van der Waals surface area contributed by atoms with E-state index in [0.29, 0.717) is 36.0 Å². The highest BCUT2D eigenvalue weighted by Gasteiger charge is 2.19. The Balaban J connectivity index is 1.41. The third-order valence-corrected chi connectivity index (χ3v) is 6.20. The minimum Gasteiger partial charge on any atom is -0.376 e. The number of ether oxygens (including phenoxy) is 1. The van der Waals surface area contributed by atoms with Crippen molar-refractivity contribution in [1.29, 1.82) is 0 Å². The van der Waals surface area contributed by atoms with Crippen molar-refractivity contribution >= 4 is 17.5 Å². The van der Waals surface area contributed by atoms with Gasteiger partial charge in [0.15, 0.2) is 0 Å². The molecule has 1 aromatic carbocycles. The summed E-state index contributed by atoms with van der Waals surface area (Å²) in [5, 5.41) is 6.04. The lowest BCUT2D eigenvalue weighted by atomic mass is 9.90. The van der Waals surface area contributed by atoms with Gasteiger partial charge in [-0.2, -0.15) is 0 Å². The van der Waals surface area contributed by atoms with Crippen LogP contribution in [0.2, 0.25) is 0 Å². The first-order chi connectivity index (χ1) is 16.5. The molecule has 3 heterocycles. The molecule has 2 amide bonds. The highest BCUT2D eigenvalue weighted by molar-refractivity contribution is 5.93. The Morgan fingerprint density at radius 2 is 1.94 bits per heavy atom. The number of aromatic nitrogens is 2. The van der Waals surface area contributed by atoms with E-state index in [-0.39, 0.29) is 30.3 Å². The molecule has 0 radical (unpaired) electrons. The molecule has 2 N–H and O–H groups in total. The van der Waals surface area contributed by atoms with Gasteiger partial charge in [-0.05, 0) is 42.9 Å². The molecule has 180 valence electrons. The molecule has 1 aliphatic heterocycles. The minimum absolute atomic E-state index is 0.0932. The number of rotatable bonds is 10. The Hall–Kier alpha value is -3.19. The Kier molecular flexibility index (Phi) is 7.95. The van der Waals surface area contributed by atoms with E-state index in [2.05, 4.69) is 41.6 Å². The second-order valence-corrected chi connectivity index (χ2v) is 9.43. The third-order valence-electron chi connectivity index (χ3n) is 6.20. The summed E-state index contributed by atoms with van der Waals surface area (Å²) in [6.07, 6.45) is 5.07. The Morgan fingerprint density at radius 3 is 2.68 bits per heavy atom. The van der Waals surface area contributed by atoms with Gasteiger partial charge in [0.25, 0.3) is 5.91 Å². The van der Waals surface area contributed by atoms with Crippen LogP contribution in [0.15, 0.2) is 54.7 Å². The van der Waals surface area contributed by atoms with Gasteiger partial charge in [-0.25, -0.2) is 4.98 Å². The fourth-order valence-corrected chi connectivity index (χ4v) is 4.53. The van der Waals surface area contributed by atoms with Gasteiger partial charge in [-0.15, -0.1) is 0 Å². The first-order valence-corrected chi connectivity index (χ1v) is 12.2. The monoisotopic (exact) mass is 462 g/mol. The van der Waals surface area contributed by atoms with Crippen LogP contribution in [0.3, 0.4) is 0 Å². The summed E-state index contributed by atoms with van der Waals surface area (Å²) in [6, 6.07) is 15.8. The van der Waals surface area contributed by atoms with E-state index < -0.39 is 0 Å². The highest BCUT2D eigenvalue weighted by atomic mass is 16.5. The maximum atomic E-state index is 13.1. The standard InChI is InChI=1S/C27H34N4O3/c1-19(2)14-21(20-8-4-3-5-9-20)16-29-27(33)24-11-6-12-25-30-22(18-31(24)25)15-26(32)28-17-23-10-7-13-34-23/h3-6,8-9,11-12,18-19,21,23H,7,10,13-17H2,1-2H3,(H,28,32)(H,29,33). The van der Waals surface area contributed by atoms with Crippen LogP contribution in [-0.4, -0.2) is 47.0 Å². The van der Waals surface area contributed by atoms with Gasteiger partial charge >= 0.3 is 0 Å². The number of hydrogen-bond donors (Lipinski definition) is 2. The molecule has 7 heteroatoms. The van der Waals surface area contributed by atoms with E-state index in [9.17, 15) is 9.59 Å². The van der Waals surface area contributed by atoms with Crippen molar-refractivity contribution in [1.82, 2.24) is 20.0 Å². The van der Waals surface area contributed by atoms with Crippen molar-refractivity contribution in [3.63, 3.8) is 0 Å². The first kappa shape index (κ1) is 24.0. The summed E-state index contributed by atoms with van der Waals surface area (Å²) < 4.78 is 7.32. The van der Waals surface area contributed by atoms with Crippen molar-refractivity contribution in [2.24, 2.45) is 5.92 Å². The van der Waals surface area contributed by atoms with E-state index in [4.69, 9.17) is 4.74 Å². The van der Waals surface area contributed by atoms with Crippen LogP contribution in [0.25, 0.3) is 5.65 Å². The Morgan fingerprint density at radius 1 is 1.12 bits per heavy atom. The number of fused-ring (bicyclic) bond motifs is 1. The summed E-state index contributed by atoms with van der Waals surface area (Å²) >= 11 is 0.